The Labute approximate surface area is 122 Å². The topological polar surface area (TPSA) is 41.1 Å². The lowest BCUT2D eigenvalue weighted by Gasteiger charge is -2.27. The maximum atomic E-state index is 4.87. The van der Waals surface area contributed by atoms with Crippen LogP contribution in [0.4, 0.5) is 5.95 Å². The van der Waals surface area contributed by atoms with Crippen LogP contribution < -0.4 is 10.2 Å². The van der Waals surface area contributed by atoms with Crippen LogP contribution in [0.15, 0.2) is 0 Å². The van der Waals surface area contributed by atoms with E-state index in [0.717, 1.165) is 50.9 Å². The van der Waals surface area contributed by atoms with Gasteiger partial charge in [0, 0.05) is 24.5 Å². The number of nitrogens with one attached hydrogen (secondary N) is 1. The van der Waals surface area contributed by atoms with E-state index in [1.807, 2.05) is 0 Å². The summed E-state index contributed by atoms with van der Waals surface area (Å²) in [5, 5.41) is 3.48. The molecule has 2 aliphatic rings. The molecule has 110 valence electrons. The van der Waals surface area contributed by atoms with Crippen LogP contribution in [0.1, 0.15) is 43.1 Å². The number of anilines is 1. The van der Waals surface area contributed by atoms with Crippen molar-refractivity contribution in [3.63, 3.8) is 0 Å². The second-order valence-corrected chi connectivity index (χ2v) is 6.14. The number of rotatable bonds is 4. The zero-order chi connectivity index (χ0) is 13.9. The molecular weight excluding hydrogens is 248 g/mol. The fourth-order valence-corrected chi connectivity index (χ4v) is 3.42. The van der Waals surface area contributed by atoms with Gasteiger partial charge in [0.15, 0.2) is 0 Å². The Morgan fingerprint density at radius 3 is 2.80 bits per heavy atom. The van der Waals surface area contributed by atoms with Crippen molar-refractivity contribution in [1.29, 1.82) is 0 Å². The first-order chi connectivity index (χ1) is 9.78. The van der Waals surface area contributed by atoms with Gasteiger partial charge in [-0.25, -0.2) is 9.97 Å². The first-order valence-electron chi connectivity index (χ1n) is 8.10. The average molecular weight is 274 g/mol. The van der Waals surface area contributed by atoms with Gasteiger partial charge < -0.3 is 10.2 Å². The minimum Gasteiger partial charge on any atom is -0.341 e. The molecule has 0 amide bonds. The van der Waals surface area contributed by atoms with E-state index in [2.05, 4.69) is 24.1 Å². The third kappa shape index (κ3) is 2.80. The highest BCUT2D eigenvalue weighted by Gasteiger charge is 2.24. The summed E-state index contributed by atoms with van der Waals surface area (Å²) in [6.07, 6.45) is 6.09. The van der Waals surface area contributed by atoms with Crippen LogP contribution in [0, 0.1) is 12.8 Å². The molecule has 1 atom stereocenters. The van der Waals surface area contributed by atoms with Gasteiger partial charge in [0.2, 0.25) is 5.95 Å². The molecule has 1 fully saturated rings. The van der Waals surface area contributed by atoms with Gasteiger partial charge in [0.1, 0.15) is 0 Å². The average Bonchev–Trinajstić information content (AvgIpc) is 2.99. The zero-order valence-corrected chi connectivity index (χ0v) is 12.8. The van der Waals surface area contributed by atoms with Gasteiger partial charge in [-0.2, -0.15) is 0 Å². The highest BCUT2D eigenvalue weighted by Crippen LogP contribution is 2.28. The van der Waals surface area contributed by atoms with Crippen molar-refractivity contribution in [1.82, 2.24) is 15.3 Å². The molecule has 0 radical (unpaired) electrons. The normalized spacial score (nSPS) is 22.1. The van der Waals surface area contributed by atoms with Crippen molar-refractivity contribution in [3.05, 3.63) is 17.0 Å². The second-order valence-electron chi connectivity index (χ2n) is 6.14. The van der Waals surface area contributed by atoms with Crippen LogP contribution in [0.3, 0.4) is 0 Å². The van der Waals surface area contributed by atoms with Gasteiger partial charge in [-0.05, 0) is 63.6 Å². The summed E-state index contributed by atoms with van der Waals surface area (Å²) < 4.78 is 0. The number of hydrogen-bond acceptors (Lipinski definition) is 4. The molecule has 1 unspecified atom stereocenters. The van der Waals surface area contributed by atoms with Gasteiger partial charge in [-0.3, -0.25) is 0 Å². The molecule has 1 aromatic heterocycles. The summed E-state index contributed by atoms with van der Waals surface area (Å²) in [5.74, 6) is 1.73. The van der Waals surface area contributed by atoms with Crippen molar-refractivity contribution in [2.45, 2.75) is 46.0 Å². The molecule has 0 bridgehead atoms. The largest absolute Gasteiger partial charge is 0.341 e. The van der Waals surface area contributed by atoms with E-state index in [9.17, 15) is 0 Å². The van der Waals surface area contributed by atoms with Gasteiger partial charge in [0.25, 0.3) is 0 Å². The lowest BCUT2D eigenvalue weighted by molar-refractivity contribution is 0.423. The zero-order valence-electron chi connectivity index (χ0n) is 12.8. The van der Waals surface area contributed by atoms with Gasteiger partial charge >= 0.3 is 0 Å². The fraction of sp³-hybridized carbons (Fsp3) is 0.750. The monoisotopic (exact) mass is 274 g/mol. The van der Waals surface area contributed by atoms with Crippen molar-refractivity contribution in [3.8, 4) is 0 Å². The Bertz CT molecular complexity index is 466. The highest BCUT2D eigenvalue weighted by atomic mass is 15.3. The molecule has 0 spiro atoms. The summed E-state index contributed by atoms with van der Waals surface area (Å²) in [5.41, 5.74) is 3.94. The molecule has 1 saturated heterocycles. The van der Waals surface area contributed by atoms with Crippen LogP contribution in [0.5, 0.6) is 0 Å². The van der Waals surface area contributed by atoms with Crippen LogP contribution in [0.2, 0.25) is 0 Å². The van der Waals surface area contributed by atoms with E-state index in [1.165, 1.54) is 36.2 Å². The Kier molecular flexibility index (Phi) is 4.20. The summed E-state index contributed by atoms with van der Waals surface area (Å²) >= 11 is 0. The summed E-state index contributed by atoms with van der Waals surface area (Å²) in [7, 11) is 0. The minimum atomic E-state index is 0.752. The van der Waals surface area contributed by atoms with Crippen LogP contribution >= 0.6 is 0 Å². The van der Waals surface area contributed by atoms with Crippen LogP contribution in [0.25, 0.3) is 0 Å². The van der Waals surface area contributed by atoms with Crippen LogP contribution in [-0.4, -0.2) is 36.1 Å². The van der Waals surface area contributed by atoms with E-state index in [1.54, 1.807) is 0 Å². The van der Waals surface area contributed by atoms with Gasteiger partial charge in [0.05, 0.1) is 0 Å². The number of nitrogens with zero attached hydrogens (tertiary/aromatic N) is 3. The molecule has 1 N–H and O–H groups in total. The van der Waals surface area contributed by atoms with Crippen molar-refractivity contribution in [2.24, 2.45) is 5.92 Å². The molecule has 2 heterocycles. The second kappa shape index (κ2) is 6.08. The minimum absolute atomic E-state index is 0.752. The number of aryl methyl sites for hydroxylation is 2. The van der Waals surface area contributed by atoms with Gasteiger partial charge in [-0.1, -0.05) is 6.92 Å². The molecular formula is C16H26N4. The predicted molar refractivity (Wildman–Crippen MR) is 82.3 cm³/mol. The Balaban J connectivity index is 1.78. The molecule has 20 heavy (non-hydrogen) atoms. The molecule has 1 aromatic rings. The standard InChI is InChI=1S/C16H26N4/c1-3-17-11-13-6-7-15-14(10-13)12(2)18-16(19-15)20-8-4-5-9-20/h13,17H,3-11H2,1-2H3. The van der Waals surface area contributed by atoms with Crippen LogP contribution in [-0.2, 0) is 12.8 Å². The Hall–Kier alpha value is -1.16. The molecule has 1 aliphatic carbocycles. The van der Waals surface area contributed by atoms with E-state index in [4.69, 9.17) is 9.97 Å². The first-order valence-corrected chi connectivity index (χ1v) is 8.10. The smallest absolute Gasteiger partial charge is 0.225 e. The lowest BCUT2D eigenvalue weighted by atomic mass is 9.86. The lowest BCUT2D eigenvalue weighted by Crippen LogP contribution is -2.29. The highest BCUT2D eigenvalue weighted by molar-refractivity contribution is 5.39. The van der Waals surface area contributed by atoms with Crippen molar-refractivity contribution < 1.29 is 0 Å². The molecule has 4 nitrogen and oxygen atoms in total. The van der Waals surface area contributed by atoms with E-state index in [-0.39, 0.29) is 0 Å². The molecule has 1 aliphatic heterocycles. The maximum absolute atomic E-state index is 4.87. The molecule has 3 rings (SSSR count). The molecule has 0 saturated carbocycles. The first kappa shape index (κ1) is 13.8. The molecule has 0 aromatic carbocycles. The van der Waals surface area contributed by atoms with E-state index in [0.29, 0.717) is 0 Å². The predicted octanol–water partition coefficient (Wildman–Crippen LogP) is 2.10. The third-order valence-corrected chi connectivity index (χ3v) is 4.64. The van der Waals surface area contributed by atoms with Crippen molar-refractivity contribution in [2.75, 3.05) is 31.1 Å². The number of aromatic nitrogens is 2. The quantitative estimate of drug-likeness (QED) is 0.913. The maximum Gasteiger partial charge on any atom is 0.225 e. The van der Waals surface area contributed by atoms with E-state index >= 15 is 0 Å². The van der Waals surface area contributed by atoms with E-state index < -0.39 is 0 Å². The number of fused-ring (bicyclic) bond motifs is 1. The van der Waals surface area contributed by atoms with Crippen molar-refractivity contribution >= 4 is 5.95 Å². The SMILES string of the molecule is CCNCC1CCc2nc(N3CCCC3)nc(C)c2C1. The third-order valence-electron chi connectivity index (χ3n) is 4.64. The Morgan fingerprint density at radius 1 is 1.25 bits per heavy atom. The van der Waals surface area contributed by atoms with Gasteiger partial charge in [-0.15, -0.1) is 0 Å². The number of hydrogen-bond donors (Lipinski definition) is 1. The summed E-state index contributed by atoms with van der Waals surface area (Å²) in [6.45, 7) is 8.78. The fourth-order valence-electron chi connectivity index (χ4n) is 3.42. The Morgan fingerprint density at radius 2 is 2.05 bits per heavy atom. The summed E-state index contributed by atoms with van der Waals surface area (Å²) in [4.78, 5) is 12.0. The molecule has 4 heteroatoms. The summed E-state index contributed by atoms with van der Waals surface area (Å²) in [6, 6.07) is 0.